The van der Waals surface area contributed by atoms with E-state index in [0.29, 0.717) is 25.4 Å². The first kappa shape index (κ1) is 27.2. The lowest BCUT2D eigenvalue weighted by molar-refractivity contribution is -0.184. The second-order valence-corrected chi connectivity index (χ2v) is 8.44. The van der Waals surface area contributed by atoms with Crippen molar-refractivity contribution in [2.24, 2.45) is 5.10 Å². The van der Waals surface area contributed by atoms with E-state index in [0.717, 1.165) is 13.3 Å². The molecule has 2 amide bonds. The zero-order valence-electron chi connectivity index (χ0n) is 18.1. The molecule has 1 heterocycles. The van der Waals surface area contributed by atoms with E-state index in [2.05, 4.69) is 10.1 Å². The van der Waals surface area contributed by atoms with Crippen LogP contribution in [-0.2, 0) is 16.1 Å². The van der Waals surface area contributed by atoms with Crippen LogP contribution in [0.1, 0.15) is 11.1 Å². The van der Waals surface area contributed by atoms with E-state index in [9.17, 15) is 35.9 Å². The first-order valence-corrected chi connectivity index (χ1v) is 10.9. The topological polar surface area (TPSA) is 79.0 Å². The van der Waals surface area contributed by atoms with Crippen molar-refractivity contribution in [2.75, 3.05) is 12.1 Å². The first-order chi connectivity index (χ1) is 16.8. The van der Waals surface area contributed by atoms with Crippen molar-refractivity contribution in [1.29, 1.82) is 0 Å². The minimum Gasteiger partial charge on any atom is -0.444 e. The van der Waals surface area contributed by atoms with Gasteiger partial charge in [-0.05, 0) is 64.0 Å². The smallest absolute Gasteiger partial charge is 0.444 e. The third kappa shape index (κ3) is 6.61. The molecule has 0 bridgehead atoms. The summed E-state index contributed by atoms with van der Waals surface area (Å²) in [6.07, 6.45) is -6.63. The minimum atomic E-state index is -5.21. The van der Waals surface area contributed by atoms with Crippen molar-refractivity contribution in [2.45, 2.75) is 18.9 Å². The predicted molar refractivity (Wildman–Crippen MR) is 125 cm³/mol. The Bertz CT molecular complexity index is 1260. The normalized spacial score (nSPS) is 12.1. The highest BCUT2D eigenvalue weighted by Crippen LogP contribution is 2.27. The van der Waals surface area contributed by atoms with Crippen LogP contribution >= 0.6 is 22.6 Å². The highest BCUT2D eigenvalue weighted by molar-refractivity contribution is 14.1. The van der Waals surface area contributed by atoms with E-state index in [1.807, 2.05) is 22.6 Å². The van der Waals surface area contributed by atoms with Gasteiger partial charge < -0.3 is 9.32 Å². The number of hydrogen-bond acceptors (Lipinski definition) is 5. The van der Waals surface area contributed by atoms with E-state index in [1.165, 1.54) is 55.1 Å². The highest BCUT2D eigenvalue weighted by Gasteiger charge is 2.43. The number of halogens is 7. The summed E-state index contributed by atoms with van der Waals surface area (Å²) < 4.78 is 82.9. The van der Waals surface area contributed by atoms with Crippen LogP contribution in [0.25, 0.3) is 11.3 Å². The summed E-state index contributed by atoms with van der Waals surface area (Å²) in [5, 5.41) is 3.88. The number of oxazole rings is 1. The molecule has 0 radical (unpaired) electrons. The number of hydrogen-bond donors (Lipinski definition) is 0. The molecular formula is C22H15F6IN4O3. The zero-order valence-corrected chi connectivity index (χ0v) is 20.3. The maximum Gasteiger partial charge on any atom is 0.473 e. The van der Waals surface area contributed by atoms with Crippen molar-refractivity contribution in [3.8, 4) is 11.3 Å². The van der Waals surface area contributed by atoms with E-state index in [-0.39, 0.29) is 22.8 Å². The molecule has 0 unspecified atom stereocenters. The fourth-order valence-electron chi connectivity index (χ4n) is 2.92. The van der Waals surface area contributed by atoms with Gasteiger partial charge in [0.2, 0.25) is 0 Å². The van der Waals surface area contributed by atoms with Gasteiger partial charge in [0.1, 0.15) is 0 Å². The Hall–Kier alpha value is -3.43. The average Bonchev–Trinajstić information content (AvgIpc) is 3.34. The molecule has 0 aliphatic carbocycles. The summed E-state index contributed by atoms with van der Waals surface area (Å²) in [6, 6.07) is 9.59. The fraction of sp³-hybridized carbons (Fsp3) is 0.182. The lowest BCUT2D eigenvalue weighted by Gasteiger charge is -2.20. The number of nitrogens with zero attached hydrogens (tertiary/aromatic N) is 4. The molecule has 3 rings (SSSR count). The average molecular weight is 624 g/mol. The monoisotopic (exact) mass is 624 g/mol. The third-order valence-electron chi connectivity index (χ3n) is 4.66. The lowest BCUT2D eigenvalue weighted by atomic mass is 10.1. The Labute approximate surface area is 213 Å². The highest BCUT2D eigenvalue weighted by atomic mass is 127. The van der Waals surface area contributed by atoms with Crippen LogP contribution in [-0.4, -0.2) is 47.3 Å². The quantitative estimate of drug-likeness (QED) is 0.160. The molecule has 1 aromatic heterocycles. The van der Waals surface area contributed by atoms with Gasteiger partial charge in [0.05, 0.1) is 18.1 Å². The van der Waals surface area contributed by atoms with Crippen LogP contribution < -0.4 is 5.01 Å². The van der Waals surface area contributed by atoms with Gasteiger partial charge in [0.25, 0.3) is 0 Å². The number of hydrazone groups is 1. The Kier molecular flexibility index (Phi) is 8.05. The molecule has 7 nitrogen and oxygen atoms in total. The van der Waals surface area contributed by atoms with Gasteiger partial charge in [0, 0.05) is 22.7 Å². The standard InChI is InChI=1S/C22H15F6IN4O3/c1-32(19(34)21(23,24)25)11-15-3-2-13(8-17(15)29)9-31-33(20(35)22(26,27)28)16-6-4-14(5-7-16)18-10-30-12-36-18/h2-10,12H,11H2,1H3. The number of alkyl halides is 6. The Morgan fingerprint density at radius 3 is 2.19 bits per heavy atom. The van der Waals surface area contributed by atoms with Gasteiger partial charge in [0.15, 0.2) is 12.2 Å². The van der Waals surface area contributed by atoms with Gasteiger partial charge in [-0.3, -0.25) is 9.59 Å². The Balaban J connectivity index is 1.84. The van der Waals surface area contributed by atoms with E-state index in [4.69, 9.17) is 4.42 Å². The molecule has 0 spiro atoms. The van der Waals surface area contributed by atoms with Gasteiger partial charge >= 0.3 is 24.2 Å². The number of carbonyl (C=O) groups is 2. The summed E-state index contributed by atoms with van der Waals surface area (Å²) >= 11 is 1.81. The second kappa shape index (κ2) is 10.7. The largest absolute Gasteiger partial charge is 0.473 e. The molecule has 190 valence electrons. The molecule has 0 fully saturated rings. The van der Waals surface area contributed by atoms with Crippen LogP contribution in [0.15, 0.2) is 64.6 Å². The zero-order chi connectivity index (χ0) is 26.7. The molecule has 0 atom stereocenters. The Morgan fingerprint density at radius 2 is 1.67 bits per heavy atom. The van der Waals surface area contributed by atoms with E-state index >= 15 is 0 Å². The number of benzene rings is 2. The van der Waals surface area contributed by atoms with Crippen molar-refractivity contribution in [3.05, 3.63) is 69.8 Å². The molecule has 0 aliphatic heterocycles. The molecule has 0 saturated heterocycles. The van der Waals surface area contributed by atoms with Gasteiger partial charge in [-0.2, -0.15) is 36.5 Å². The predicted octanol–water partition coefficient (Wildman–Crippen LogP) is 5.40. The Morgan fingerprint density at radius 1 is 1.03 bits per heavy atom. The molecule has 0 N–H and O–H groups in total. The summed E-state index contributed by atoms with van der Waals surface area (Å²) in [4.78, 5) is 27.6. The molecule has 0 aliphatic rings. The molecular weight excluding hydrogens is 609 g/mol. The molecule has 3 aromatic rings. The van der Waals surface area contributed by atoms with E-state index in [1.54, 1.807) is 0 Å². The van der Waals surface area contributed by atoms with Gasteiger partial charge in [-0.15, -0.1) is 0 Å². The first-order valence-electron chi connectivity index (χ1n) is 9.82. The fourth-order valence-corrected chi connectivity index (χ4v) is 3.63. The van der Waals surface area contributed by atoms with Crippen LogP contribution in [0.2, 0.25) is 0 Å². The van der Waals surface area contributed by atoms with E-state index < -0.39 is 24.2 Å². The van der Waals surface area contributed by atoms with Crippen molar-refractivity contribution in [3.63, 3.8) is 0 Å². The maximum atomic E-state index is 13.2. The third-order valence-corrected chi connectivity index (χ3v) is 5.66. The lowest BCUT2D eigenvalue weighted by Crippen LogP contribution is -2.38. The number of carbonyl (C=O) groups excluding carboxylic acids is 2. The van der Waals surface area contributed by atoms with Crippen LogP contribution in [0, 0.1) is 3.57 Å². The summed E-state index contributed by atoms with van der Waals surface area (Å²) in [7, 11) is 0.996. The van der Waals surface area contributed by atoms with Gasteiger partial charge in [-0.1, -0.05) is 12.1 Å². The number of amides is 2. The molecule has 2 aromatic carbocycles. The number of anilines is 1. The van der Waals surface area contributed by atoms with Crippen LogP contribution in [0.5, 0.6) is 0 Å². The number of aromatic nitrogens is 1. The molecule has 0 saturated carbocycles. The molecule has 36 heavy (non-hydrogen) atoms. The second-order valence-electron chi connectivity index (χ2n) is 7.28. The summed E-state index contributed by atoms with van der Waals surface area (Å²) in [5.41, 5.74) is 0.986. The SMILES string of the molecule is CN(Cc1ccc(C=NN(C(=O)C(F)(F)F)c2ccc(-c3cnco3)cc2)cc1I)C(=O)C(F)(F)F. The van der Waals surface area contributed by atoms with Crippen LogP contribution in [0.4, 0.5) is 32.0 Å². The van der Waals surface area contributed by atoms with Crippen molar-refractivity contribution >= 4 is 46.3 Å². The van der Waals surface area contributed by atoms with Crippen molar-refractivity contribution < 1.29 is 40.3 Å². The number of rotatable bonds is 6. The van der Waals surface area contributed by atoms with Gasteiger partial charge in [-0.25, -0.2) is 4.98 Å². The van der Waals surface area contributed by atoms with Crippen LogP contribution in [0.3, 0.4) is 0 Å². The minimum absolute atomic E-state index is 0.171. The van der Waals surface area contributed by atoms with Crippen molar-refractivity contribution in [1.82, 2.24) is 9.88 Å². The maximum absolute atomic E-state index is 13.2. The molecule has 14 heteroatoms. The summed E-state index contributed by atoms with van der Waals surface area (Å²) in [6.45, 7) is -0.343. The summed E-state index contributed by atoms with van der Waals surface area (Å²) in [5.74, 6) is -3.87.